The third-order valence-electron chi connectivity index (χ3n) is 3.01. The van der Waals surface area contributed by atoms with Crippen LogP contribution in [-0.4, -0.2) is 0 Å². The molecule has 0 aliphatic carbocycles. The lowest BCUT2D eigenvalue weighted by atomic mass is 9.96. The summed E-state index contributed by atoms with van der Waals surface area (Å²) in [7, 11) is 0. The van der Waals surface area contributed by atoms with Gasteiger partial charge in [-0.05, 0) is 53.8 Å². The zero-order chi connectivity index (χ0) is 13.3. The molecule has 0 amide bonds. The smallest absolute Gasteiger partial charge is 0.131 e. The largest absolute Gasteiger partial charge is 0.207 e. The van der Waals surface area contributed by atoms with E-state index in [4.69, 9.17) is 0 Å². The minimum atomic E-state index is -0.334. The van der Waals surface area contributed by atoms with Gasteiger partial charge in [-0.3, -0.25) is 0 Å². The molecule has 0 fully saturated rings. The van der Waals surface area contributed by atoms with E-state index >= 15 is 0 Å². The van der Waals surface area contributed by atoms with Crippen LogP contribution in [0.15, 0.2) is 36.4 Å². The molecule has 0 nitrogen and oxygen atoms in total. The van der Waals surface area contributed by atoms with Crippen LogP contribution in [-0.2, 0) is 0 Å². The van der Waals surface area contributed by atoms with E-state index in [0.29, 0.717) is 17.0 Å². The van der Waals surface area contributed by atoms with Crippen LogP contribution in [0.1, 0.15) is 30.9 Å². The van der Waals surface area contributed by atoms with Crippen LogP contribution in [0.5, 0.6) is 0 Å². The summed E-state index contributed by atoms with van der Waals surface area (Å²) in [6.07, 6.45) is 0. The van der Waals surface area contributed by atoms with Gasteiger partial charge < -0.3 is 0 Å². The van der Waals surface area contributed by atoms with E-state index in [0.717, 1.165) is 11.1 Å². The molecule has 2 aromatic carbocycles. The Morgan fingerprint density at radius 2 is 1.67 bits per heavy atom. The minimum Gasteiger partial charge on any atom is -0.207 e. The van der Waals surface area contributed by atoms with Crippen molar-refractivity contribution in [2.24, 2.45) is 0 Å². The van der Waals surface area contributed by atoms with Crippen molar-refractivity contribution in [1.29, 1.82) is 0 Å². The van der Waals surface area contributed by atoms with E-state index in [2.05, 4.69) is 0 Å². The molecule has 0 atom stereocenters. The summed E-state index contributed by atoms with van der Waals surface area (Å²) in [5.41, 5.74) is 2.89. The fraction of sp³-hybridized carbons (Fsp3) is 0.250. The van der Waals surface area contributed by atoms with Crippen molar-refractivity contribution in [2.75, 3.05) is 0 Å². The molecule has 18 heavy (non-hydrogen) atoms. The maximum Gasteiger partial charge on any atom is 0.131 e. The van der Waals surface area contributed by atoms with Crippen LogP contribution < -0.4 is 0 Å². The normalized spacial score (nSPS) is 11.0. The summed E-state index contributed by atoms with van der Waals surface area (Å²) in [6, 6.07) is 9.63. The molecule has 0 N–H and O–H groups in total. The molecule has 0 spiro atoms. The number of hydrogen-bond donors (Lipinski definition) is 0. The van der Waals surface area contributed by atoms with Gasteiger partial charge in [-0.25, -0.2) is 8.78 Å². The summed E-state index contributed by atoms with van der Waals surface area (Å²) in [6.45, 7) is 5.90. The van der Waals surface area contributed by atoms with Crippen molar-refractivity contribution >= 4 is 0 Å². The Kier molecular flexibility index (Phi) is 3.46. The van der Waals surface area contributed by atoms with Gasteiger partial charge in [-0.15, -0.1) is 0 Å². The summed E-state index contributed by atoms with van der Waals surface area (Å²) >= 11 is 0. The summed E-state index contributed by atoms with van der Waals surface area (Å²) < 4.78 is 27.2. The lowest BCUT2D eigenvalue weighted by Gasteiger charge is -2.10. The molecule has 0 saturated heterocycles. The maximum atomic E-state index is 13.9. The fourth-order valence-electron chi connectivity index (χ4n) is 2.02. The summed E-state index contributed by atoms with van der Waals surface area (Å²) in [5.74, 6) is -0.331. The second kappa shape index (κ2) is 4.89. The van der Waals surface area contributed by atoms with E-state index in [1.165, 1.54) is 18.2 Å². The highest BCUT2D eigenvalue weighted by Crippen LogP contribution is 2.28. The quantitative estimate of drug-likeness (QED) is 0.694. The molecule has 94 valence electrons. The lowest BCUT2D eigenvalue weighted by Crippen LogP contribution is -1.92. The van der Waals surface area contributed by atoms with Gasteiger partial charge in [-0.2, -0.15) is 0 Å². The molecule has 2 aromatic rings. The fourth-order valence-corrected chi connectivity index (χ4v) is 2.02. The van der Waals surface area contributed by atoms with Crippen LogP contribution in [0.4, 0.5) is 8.78 Å². The van der Waals surface area contributed by atoms with E-state index in [-0.39, 0.29) is 11.6 Å². The van der Waals surface area contributed by atoms with E-state index in [9.17, 15) is 8.78 Å². The molecule has 0 bridgehead atoms. The molecule has 0 aromatic heterocycles. The molecule has 0 heterocycles. The van der Waals surface area contributed by atoms with E-state index in [1.54, 1.807) is 25.1 Å². The van der Waals surface area contributed by atoms with Crippen LogP contribution in [0.2, 0.25) is 0 Å². The van der Waals surface area contributed by atoms with Gasteiger partial charge in [0.2, 0.25) is 0 Å². The molecule has 0 unspecified atom stereocenters. The lowest BCUT2D eigenvalue weighted by molar-refractivity contribution is 0.623. The monoisotopic (exact) mass is 246 g/mol. The molecular weight excluding hydrogens is 230 g/mol. The van der Waals surface area contributed by atoms with Crippen LogP contribution in [0.3, 0.4) is 0 Å². The predicted molar refractivity (Wildman–Crippen MR) is 70.6 cm³/mol. The van der Waals surface area contributed by atoms with Gasteiger partial charge in [0, 0.05) is 5.56 Å². The third kappa shape index (κ3) is 2.58. The molecule has 0 aliphatic heterocycles. The van der Waals surface area contributed by atoms with Gasteiger partial charge in [0.15, 0.2) is 0 Å². The second-order valence-electron chi connectivity index (χ2n) is 4.91. The summed E-state index contributed by atoms with van der Waals surface area (Å²) in [4.78, 5) is 0. The first-order chi connectivity index (χ1) is 8.47. The van der Waals surface area contributed by atoms with Crippen LogP contribution in [0, 0.1) is 18.6 Å². The van der Waals surface area contributed by atoms with Crippen molar-refractivity contribution in [3.05, 3.63) is 59.2 Å². The second-order valence-corrected chi connectivity index (χ2v) is 4.91. The number of aryl methyl sites for hydroxylation is 1. The Bertz CT molecular complexity index is 551. The number of halogens is 2. The van der Waals surface area contributed by atoms with Gasteiger partial charge in [0.1, 0.15) is 11.6 Å². The first-order valence-electron chi connectivity index (χ1n) is 6.04. The van der Waals surface area contributed by atoms with Crippen molar-refractivity contribution in [3.8, 4) is 11.1 Å². The number of benzene rings is 2. The Labute approximate surface area is 106 Å². The molecule has 2 heteroatoms. The Morgan fingerprint density at radius 1 is 0.944 bits per heavy atom. The standard InChI is InChI=1S/C16H16F2/c1-10(2)12-4-5-16(18)15(9-12)13-6-11(3)7-14(17)8-13/h4-10H,1-3H3. The molecule has 0 aliphatic rings. The molecular formula is C16H16F2. The zero-order valence-corrected chi connectivity index (χ0v) is 10.8. The maximum absolute atomic E-state index is 13.9. The first-order valence-corrected chi connectivity index (χ1v) is 6.04. The van der Waals surface area contributed by atoms with Crippen LogP contribution in [0.25, 0.3) is 11.1 Å². The average molecular weight is 246 g/mol. The highest BCUT2D eigenvalue weighted by Gasteiger charge is 2.09. The SMILES string of the molecule is Cc1cc(F)cc(-c2cc(C(C)C)ccc2F)c1. The molecule has 0 radical (unpaired) electrons. The number of hydrogen-bond acceptors (Lipinski definition) is 0. The zero-order valence-electron chi connectivity index (χ0n) is 10.8. The first kappa shape index (κ1) is 12.7. The Balaban J connectivity index is 2.58. The Morgan fingerprint density at radius 3 is 2.28 bits per heavy atom. The van der Waals surface area contributed by atoms with Crippen molar-refractivity contribution < 1.29 is 8.78 Å². The van der Waals surface area contributed by atoms with Crippen LogP contribution >= 0.6 is 0 Å². The highest BCUT2D eigenvalue weighted by molar-refractivity contribution is 5.66. The van der Waals surface area contributed by atoms with E-state index < -0.39 is 0 Å². The van der Waals surface area contributed by atoms with Gasteiger partial charge in [0.05, 0.1) is 0 Å². The van der Waals surface area contributed by atoms with Crippen molar-refractivity contribution in [2.45, 2.75) is 26.7 Å². The third-order valence-corrected chi connectivity index (χ3v) is 3.01. The molecule has 2 rings (SSSR count). The van der Waals surface area contributed by atoms with Gasteiger partial charge in [0.25, 0.3) is 0 Å². The minimum absolute atomic E-state index is 0.315. The average Bonchev–Trinajstić information content (AvgIpc) is 2.27. The molecule has 0 saturated carbocycles. The Hall–Kier alpha value is -1.70. The predicted octanol–water partition coefficient (Wildman–Crippen LogP) is 5.06. The highest BCUT2D eigenvalue weighted by atomic mass is 19.1. The van der Waals surface area contributed by atoms with Gasteiger partial charge >= 0.3 is 0 Å². The van der Waals surface area contributed by atoms with Crippen molar-refractivity contribution in [3.63, 3.8) is 0 Å². The topological polar surface area (TPSA) is 0 Å². The van der Waals surface area contributed by atoms with E-state index in [1.807, 2.05) is 13.8 Å². The number of rotatable bonds is 2. The van der Waals surface area contributed by atoms with Gasteiger partial charge in [-0.1, -0.05) is 26.0 Å². The van der Waals surface area contributed by atoms with Crippen molar-refractivity contribution in [1.82, 2.24) is 0 Å². The summed E-state index contributed by atoms with van der Waals surface area (Å²) in [5, 5.41) is 0.